The molecule has 0 aliphatic carbocycles. The van der Waals surface area contributed by atoms with E-state index in [-0.39, 0.29) is 24.3 Å². The molecular formula is C14H19ClFN3O. The summed E-state index contributed by atoms with van der Waals surface area (Å²) in [7, 11) is 0. The average Bonchev–Trinajstić information content (AvgIpc) is 2.89. The van der Waals surface area contributed by atoms with Crippen LogP contribution < -0.4 is 5.32 Å². The molecule has 0 fully saturated rings. The number of hydrogen-bond acceptors (Lipinski definition) is 4. The Labute approximate surface area is 124 Å². The highest BCUT2D eigenvalue weighted by atomic mass is 35.5. The molecule has 1 heterocycles. The van der Waals surface area contributed by atoms with Crippen molar-refractivity contribution in [3.05, 3.63) is 35.5 Å². The zero-order chi connectivity index (χ0) is 13.8. The minimum Gasteiger partial charge on any atom is -0.337 e. The van der Waals surface area contributed by atoms with Crippen molar-refractivity contribution in [3.63, 3.8) is 0 Å². The first-order valence-electron chi connectivity index (χ1n) is 6.45. The monoisotopic (exact) mass is 299 g/mol. The lowest BCUT2D eigenvalue weighted by molar-refractivity contribution is 0.340. The zero-order valence-corrected chi connectivity index (χ0v) is 12.6. The normalized spacial score (nSPS) is 12.0. The van der Waals surface area contributed by atoms with E-state index in [0.29, 0.717) is 17.3 Å². The minimum atomic E-state index is -0.231. The summed E-state index contributed by atoms with van der Waals surface area (Å²) >= 11 is 0. The molecule has 0 saturated heterocycles. The van der Waals surface area contributed by atoms with Gasteiger partial charge in [-0.3, -0.25) is 0 Å². The lowest BCUT2D eigenvalue weighted by atomic mass is 10.1. The van der Waals surface area contributed by atoms with Crippen molar-refractivity contribution in [1.82, 2.24) is 15.5 Å². The van der Waals surface area contributed by atoms with E-state index >= 15 is 0 Å². The number of aryl methyl sites for hydroxylation is 1. The molecule has 1 atom stereocenters. The van der Waals surface area contributed by atoms with Gasteiger partial charge >= 0.3 is 0 Å². The van der Waals surface area contributed by atoms with Crippen LogP contribution >= 0.6 is 12.4 Å². The molecular weight excluding hydrogens is 281 g/mol. The molecule has 110 valence electrons. The van der Waals surface area contributed by atoms with Crippen LogP contribution in [0.2, 0.25) is 0 Å². The van der Waals surface area contributed by atoms with E-state index in [1.807, 2.05) is 6.92 Å². The highest BCUT2D eigenvalue weighted by Gasteiger charge is 2.14. The SMILES string of the molecule is CCCNC(C)c1nc(-c2ccc(F)c(C)c2)no1.Cl. The van der Waals surface area contributed by atoms with Crippen molar-refractivity contribution in [3.8, 4) is 11.4 Å². The first kappa shape index (κ1) is 16.6. The van der Waals surface area contributed by atoms with Gasteiger partial charge in [-0.2, -0.15) is 4.98 Å². The van der Waals surface area contributed by atoms with Crippen molar-refractivity contribution in [2.45, 2.75) is 33.2 Å². The van der Waals surface area contributed by atoms with Gasteiger partial charge in [-0.05, 0) is 50.6 Å². The summed E-state index contributed by atoms with van der Waals surface area (Å²) in [6.07, 6.45) is 1.04. The minimum absolute atomic E-state index is 0. The molecule has 0 bridgehead atoms. The standard InChI is InChI=1S/C14H18FN3O.ClH/c1-4-7-16-10(3)14-17-13(18-19-14)11-5-6-12(15)9(2)8-11;/h5-6,8,10,16H,4,7H2,1-3H3;1H. The Bertz CT molecular complexity index is 559. The molecule has 6 heteroatoms. The lowest BCUT2D eigenvalue weighted by Crippen LogP contribution is -2.19. The highest BCUT2D eigenvalue weighted by Crippen LogP contribution is 2.20. The van der Waals surface area contributed by atoms with Crippen LogP contribution in [0.3, 0.4) is 0 Å². The largest absolute Gasteiger partial charge is 0.337 e. The Morgan fingerprint density at radius 1 is 1.40 bits per heavy atom. The third kappa shape index (κ3) is 3.77. The summed E-state index contributed by atoms with van der Waals surface area (Å²) in [6, 6.07) is 4.80. The van der Waals surface area contributed by atoms with Gasteiger partial charge in [0, 0.05) is 5.56 Å². The quantitative estimate of drug-likeness (QED) is 0.915. The van der Waals surface area contributed by atoms with Gasteiger partial charge < -0.3 is 9.84 Å². The Morgan fingerprint density at radius 2 is 2.15 bits per heavy atom. The molecule has 0 amide bonds. The fourth-order valence-electron chi connectivity index (χ4n) is 1.76. The third-order valence-electron chi connectivity index (χ3n) is 2.93. The summed E-state index contributed by atoms with van der Waals surface area (Å²) in [5.74, 6) is 0.805. The molecule has 1 aromatic heterocycles. The molecule has 2 aromatic rings. The maximum Gasteiger partial charge on any atom is 0.243 e. The summed E-state index contributed by atoms with van der Waals surface area (Å²) < 4.78 is 18.4. The molecule has 1 aromatic carbocycles. The Morgan fingerprint density at radius 3 is 2.80 bits per heavy atom. The van der Waals surface area contributed by atoms with Crippen LogP contribution in [-0.4, -0.2) is 16.7 Å². The van der Waals surface area contributed by atoms with Crippen LogP contribution in [0.15, 0.2) is 22.7 Å². The van der Waals surface area contributed by atoms with Crippen LogP contribution in [-0.2, 0) is 0 Å². The molecule has 20 heavy (non-hydrogen) atoms. The van der Waals surface area contributed by atoms with Gasteiger partial charge in [0.05, 0.1) is 6.04 Å². The van der Waals surface area contributed by atoms with Crippen LogP contribution in [0.5, 0.6) is 0 Å². The Hall–Kier alpha value is -1.46. The molecule has 1 N–H and O–H groups in total. The maximum atomic E-state index is 13.2. The maximum absolute atomic E-state index is 13.2. The third-order valence-corrected chi connectivity index (χ3v) is 2.93. The Balaban J connectivity index is 0.00000200. The molecule has 0 saturated carbocycles. The van der Waals surface area contributed by atoms with E-state index in [2.05, 4.69) is 22.4 Å². The first-order valence-corrected chi connectivity index (χ1v) is 6.45. The van der Waals surface area contributed by atoms with Gasteiger partial charge in [0.15, 0.2) is 0 Å². The molecule has 0 aliphatic heterocycles. The smallest absolute Gasteiger partial charge is 0.243 e. The van der Waals surface area contributed by atoms with Gasteiger partial charge in [-0.25, -0.2) is 4.39 Å². The van der Waals surface area contributed by atoms with Gasteiger partial charge in [-0.1, -0.05) is 12.1 Å². The summed E-state index contributed by atoms with van der Waals surface area (Å²) in [5.41, 5.74) is 1.33. The van der Waals surface area contributed by atoms with E-state index in [9.17, 15) is 4.39 Å². The number of nitrogens with one attached hydrogen (secondary N) is 1. The average molecular weight is 300 g/mol. The zero-order valence-electron chi connectivity index (χ0n) is 11.8. The van der Waals surface area contributed by atoms with E-state index in [4.69, 9.17) is 4.52 Å². The first-order chi connectivity index (χ1) is 9.11. The molecule has 4 nitrogen and oxygen atoms in total. The second kappa shape index (κ2) is 7.36. The second-order valence-electron chi connectivity index (χ2n) is 4.60. The van der Waals surface area contributed by atoms with Crippen LogP contribution in [0.25, 0.3) is 11.4 Å². The molecule has 0 spiro atoms. The van der Waals surface area contributed by atoms with Gasteiger partial charge in [-0.15, -0.1) is 12.4 Å². The van der Waals surface area contributed by atoms with E-state index < -0.39 is 0 Å². The number of nitrogens with zero attached hydrogens (tertiary/aromatic N) is 2. The topological polar surface area (TPSA) is 51.0 Å². The van der Waals surface area contributed by atoms with Gasteiger partial charge in [0.2, 0.25) is 11.7 Å². The van der Waals surface area contributed by atoms with Gasteiger partial charge in [0.1, 0.15) is 5.82 Å². The second-order valence-corrected chi connectivity index (χ2v) is 4.60. The highest BCUT2D eigenvalue weighted by molar-refractivity contribution is 5.85. The van der Waals surface area contributed by atoms with Crippen molar-refractivity contribution in [1.29, 1.82) is 0 Å². The van der Waals surface area contributed by atoms with E-state index in [1.54, 1.807) is 19.1 Å². The number of rotatable bonds is 5. The van der Waals surface area contributed by atoms with Crippen molar-refractivity contribution >= 4 is 12.4 Å². The van der Waals surface area contributed by atoms with E-state index in [1.165, 1.54) is 6.07 Å². The number of hydrogen-bond donors (Lipinski definition) is 1. The van der Waals surface area contributed by atoms with Crippen LogP contribution in [0, 0.1) is 12.7 Å². The fraction of sp³-hybridized carbons (Fsp3) is 0.429. The Kier molecular flexibility index (Phi) is 6.10. The van der Waals surface area contributed by atoms with Crippen LogP contribution in [0.4, 0.5) is 4.39 Å². The van der Waals surface area contributed by atoms with Crippen molar-refractivity contribution < 1.29 is 8.91 Å². The fourth-order valence-corrected chi connectivity index (χ4v) is 1.76. The van der Waals surface area contributed by atoms with Crippen LogP contribution in [0.1, 0.15) is 37.8 Å². The lowest BCUT2D eigenvalue weighted by Gasteiger charge is -2.06. The van der Waals surface area contributed by atoms with Crippen molar-refractivity contribution in [2.75, 3.05) is 6.54 Å². The predicted molar refractivity (Wildman–Crippen MR) is 78.4 cm³/mol. The summed E-state index contributed by atoms with van der Waals surface area (Å²) in [6.45, 7) is 6.68. The van der Waals surface area contributed by atoms with Gasteiger partial charge in [0.25, 0.3) is 0 Å². The summed E-state index contributed by atoms with van der Waals surface area (Å²) in [5, 5.41) is 7.22. The predicted octanol–water partition coefficient (Wildman–Crippen LogP) is 3.67. The molecule has 1 unspecified atom stereocenters. The van der Waals surface area contributed by atoms with E-state index in [0.717, 1.165) is 18.5 Å². The molecule has 2 rings (SSSR count). The molecule has 0 radical (unpaired) electrons. The number of aromatic nitrogens is 2. The number of halogens is 2. The van der Waals surface area contributed by atoms with Crippen molar-refractivity contribution in [2.24, 2.45) is 0 Å². The summed E-state index contributed by atoms with van der Waals surface area (Å²) in [4.78, 5) is 4.34. The number of benzene rings is 1. The molecule has 0 aliphatic rings.